The fraction of sp³-hybridized carbons (Fsp3) is 0.391. The van der Waals surface area contributed by atoms with Crippen LogP contribution < -0.4 is 10.2 Å². The molecule has 12 nitrogen and oxygen atoms in total. The Hall–Kier alpha value is -4.06. The predicted molar refractivity (Wildman–Crippen MR) is 120 cm³/mol. The summed E-state index contributed by atoms with van der Waals surface area (Å²) in [6.07, 6.45) is 1.34. The van der Waals surface area contributed by atoms with E-state index >= 15 is 0 Å². The van der Waals surface area contributed by atoms with Crippen LogP contribution in [0, 0.1) is 0 Å². The van der Waals surface area contributed by atoms with Crippen molar-refractivity contribution in [1.29, 1.82) is 0 Å². The van der Waals surface area contributed by atoms with Gasteiger partial charge in [0.05, 0.1) is 19.8 Å². The van der Waals surface area contributed by atoms with Crippen LogP contribution in [0.15, 0.2) is 40.6 Å². The zero-order chi connectivity index (χ0) is 24.5. The molecule has 5 rings (SSSR count). The molecule has 1 atom stereocenters. The summed E-state index contributed by atoms with van der Waals surface area (Å²) in [5, 5.41) is 6.24. The Morgan fingerprint density at radius 1 is 1.17 bits per heavy atom. The van der Waals surface area contributed by atoms with Crippen molar-refractivity contribution in [3.63, 3.8) is 0 Å². The highest BCUT2D eigenvalue weighted by Crippen LogP contribution is 2.26. The molecular formula is C23H24N6O6. The number of morpholine rings is 1. The molecule has 35 heavy (non-hydrogen) atoms. The fourth-order valence-corrected chi connectivity index (χ4v) is 4.36. The van der Waals surface area contributed by atoms with Gasteiger partial charge in [-0.2, -0.15) is 4.98 Å². The summed E-state index contributed by atoms with van der Waals surface area (Å²) in [5.41, 5.74) is 1.94. The molecule has 1 unspecified atom stereocenters. The minimum Gasteiger partial charge on any atom is -0.378 e. The van der Waals surface area contributed by atoms with Gasteiger partial charge in [-0.25, -0.2) is 0 Å². The second kappa shape index (κ2) is 9.29. The Labute approximate surface area is 200 Å². The van der Waals surface area contributed by atoms with E-state index in [0.29, 0.717) is 19.0 Å². The number of amides is 4. The molecule has 3 aliphatic rings. The molecule has 3 aliphatic heterocycles. The topological polar surface area (TPSA) is 138 Å². The third kappa shape index (κ3) is 4.52. The van der Waals surface area contributed by atoms with Gasteiger partial charge in [0.25, 0.3) is 11.8 Å². The molecule has 0 bridgehead atoms. The second-order valence-corrected chi connectivity index (χ2v) is 8.53. The van der Waals surface area contributed by atoms with E-state index in [4.69, 9.17) is 9.26 Å². The maximum absolute atomic E-state index is 12.9. The normalized spacial score (nSPS) is 20.8. The van der Waals surface area contributed by atoms with Gasteiger partial charge in [0.1, 0.15) is 11.7 Å². The molecule has 1 aromatic carbocycles. The van der Waals surface area contributed by atoms with E-state index in [9.17, 15) is 19.2 Å². The maximum atomic E-state index is 12.9. The summed E-state index contributed by atoms with van der Waals surface area (Å²) in [6.45, 7) is 3.07. The zero-order valence-corrected chi connectivity index (χ0v) is 19.1. The number of rotatable bonds is 6. The van der Waals surface area contributed by atoms with Crippen molar-refractivity contribution < 1.29 is 28.4 Å². The van der Waals surface area contributed by atoms with Gasteiger partial charge in [0, 0.05) is 43.9 Å². The van der Waals surface area contributed by atoms with Gasteiger partial charge in [-0.05, 0) is 18.6 Å². The number of likely N-dealkylation sites (N-methyl/N-ethyl adjacent to an activating group) is 1. The molecule has 0 radical (unpaired) electrons. The molecule has 2 aromatic rings. The average Bonchev–Trinajstić information content (AvgIpc) is 3.44. The summed E-state index contributed by atoms with van der Waals surface area (Å²) in [5.74, 6) is -1.60. The first kappa shape index (κ1) is 22.7. The lowest BCUT2D eigenvalue weighted by Gasteiger charge is -2.29. The van der Waals surface area contributed by atoms with Crippen LogP contribution in [0.3, 0.4) is 0 Å². The van der Waals surface area contributed by atoms with E-state index in [0.717, 1.165) is 29.2 Å². The summed E-state index contributed by atoms with van der Waals surface area (Å²) in [7, 11) is 1.62. The first-order chi connectivity index (χ1) is 16.9. The van der Waals surface area contributed by atoms with E-state index < -0.39 is 29.7 Å². The Morgan fingerprint density at radius 2 is 1.97 bits per heavy atom. The number of hydrogen-bond donors (Lipinski definition) is 1. The van der Waals surface area contributed by atoms with Gasteiger partial charge in [0.15, 0.2) is 0 Å². The number of hydrogen-bond acceptors (Lipinski definition) is 10. The molecule has 182 valence electrons. The van der Waals surface area contributed by atoms with Crippen molar-refractivity contribution in [2.45, 2.75) is 25.4 Å². The van der Waals surface area contributed by atoms with Gasteiger partial charge < -0.3 is 19.1 Å². The van der Waals surface area contributed by atoms with Crippen molar-refractivity contribution in [3.8, 4) is 11.4 Å². The zero-order valence-electron chi connectivity index (χ0n) is 19.1. The van der Waals surface area contributed by atoms with Crippen LogP contribution in [0.2, 0.25) is 0 Å². The van der Waals surface area contributed by atoms with Gasteiger partial charge in [-0.1, -0.05) is 17.3 Å². The smallest absolute Gasteiger partial charge is 0.277 e. The van der Waals surface area contributed by atoms with Crippen LogP contribution in [-0.4, -0.2) is 83.0 Å². The third-order valence-electron chi connectivity index (χ3n) is 6.19. The van der Waals surface area contributed by atoms with E-state index in [-0.39, 0.29) is 31.0 Å². The van der Waals surface area contributed by atoms with E-state index in [1.165, 1.54) is 11.0 Å². The number of aromatic nitrogens is 2. The number of nitrogens with zero attached hydrogens (tertiary/aromatic N) is 5. The van der Waals surface area contributed by atoms with Crippen LogP contribution in [-0.2, 0) is 30.5 Å². The highest BCUT2D eigenvalue weighted by molar-refractivity contribution is 6.18. The molecule has 4 heterocycles. The number of piperidine rings is 1. The van der Waals surface area contributed by atoms with E-state index in [2.05, 4.69) is 20.4 Å². The highest BCUT2D eigenvalue weighted by Gasteiger charge is 2.43. The van der Waals surface area contributed by atoms with Crippen LogP contribution in [0.25, 0.3) is 11.4 Å². The molecule has 2 fully saturated rings. The van der Waals surface area contributed by atoms with Gasteiger partial charge in [-0.15, -0.1) is 0 Å². The monoisotopic (exact) mass is 480 g/mol. The average molecular weight is 480 g/mol. The summed E-state index contributed by atoms with van der Waals surface area (Å²) in [4.78, 5) is 58.1. The van der Waals surface area contributed by atoms with Crippen molar-refractivity contribution in [3.05, 3.63) is 41.9 Å². The molecular weight excluding hydrogens is 456 g/mol. The number of imide groups is 2. The number of carbonyl (C=O) groups is 4. The number of ether oxygens (including phenoxy) is 1. The number of carbonyl (C=O) groups excluding carboxylic acids is 4. The number of benzene rings is 1. The first-order valence-electron chi connectivity index (χ1n) is 11.3. The number of nitrogens with one attached hydrogen (secondary N) is 1. The van der Waals surface area contributed by atoms with Gasteiger partial charge in [0.2, 0.25) is 23.5 Å². The Kier molecular flexibility index (Phi) is 6.03. The predicted octanol–water partition coefficient (Wildman–Crippen LogP) is 0.0629. The molecule has 0 spiro atoms. The minimum absolute atomic E-state index is 0.0656. The first-order valence-corrected chi connectivity index (χ1v) is 11.3. The van der Waals surface area contributed by atoms with E-state index in [1.807, 2.05) is 24.3 Å². The quantitative estimate of drug-likeness (QED) is 0.565. The molecule has 0 aliphatic carbocycles. The molecule has 4 amide bonds. The standard InChI is InChI=1S/C23H24N6O6/c1-27(17-12-20(31)29(23(17)33)16-5-6-18(30)24-22(16)32)13-19-25-21(26-35-19)14-3-2-4-15(11-14)28-7-9-34-10-8-28/h2-4,11-12,16H,5-10,13H2,1H3,(H,24,30,32). The minimum atomic E-state index is -1.01. The molecule has 0 saturated carbocycles. The molecule has 12 heteroatoms. The van der Waals surface area contributed by atoms with Crippen LogP contribution in [0.4, 0.5) is 5.69 Å². The Bertz CT molecular complexity index is 1220. The lowest BCUT2D eigenvalue weighted by molar-refractivity contribution is -0.150. The SMILES string of the molecule is CN(Cc1nc(-c2cccc(N3CCOCC3)c2)no1)C1=CC(=O)N(C2CCC(=O)NC2=O)C1=O. The maximum Gasteiger partial charge on any atom is 0.277 e. The highest BCUT2D eigenvalue weighted by atomic mass is 16.5. The lowest BCUT2D eigenvalue weighted by Crippen LogP contribution is -2.54. The third-order valence-corrected chi connectivity index (χ3v) is 6.19. The lowest BCUT2D eigenvalue weighted by atomic mass is 10.0. The summed E-state index contributed by atoms with van der Waals surface area (Å²) < 4.78 is 10.8. The molecule has 1 N–H and O–H groups in total. The summed E-state index contributed by atoms with van der Waals surface area (Å²) in [6, 6.07) is 6.82. The van der Waals surface area contributed by atoms with Crippen molar-refractivity contribution in [2.24, 2.45) is 0 Å². The Balaban J connectivity index is 1.26. The Morgan fingerprint density at radius 3 is 2.74 bits per heavy atom. The summed E-state index contributed by atoms with van der Waals surface area (Å²) >= 11 is 0. The van der Waals surface area contributed by atoms with Gasteiger partial charge >= 0.3 is 0 Å². The van der Waals surface area contributed by atoms with Crippen molar-refractivity contribution in [1.82, 2.24) is 25.3 Å². The van der Waals surface area contributed by atoms with Crippen molar-refractivity contribution in [2.75, 3.05) is 38.3 Å². The number of anilines is 1. The second-order valence-electron chi connectivity index (χ2n) is 8.53. The molecule has 1 aromatic heterocycles. The van der Waals surface area contributed by atoms with Crippen LogP contribution >= 0.6 is 0 Å². The fourth-order valence-electron chi connectivity index (χ4n) is 4.36. The van der Waals surface area contributed by atoms with E-state index in [1.54, 1.807) is 7.05 Å². The van der Waals surface area contributed by atoms with Crippen molar-refractivity contribution >= 4 is 29.3 Å². The largest absolute Gasteiger partial charge is 0.378 e. The van der Waals surface area contributed by atoms with Crippen LogP contribution in [0.1, 0.15) is 18.7 Å². The van der Waals surface area contributed by atoms with Crippen LogP contribution in [0.5, 0.6) is 0 Å². The molecule has 2 saturated heterocycles. The van der Waals surface area contributed by atoms with Gasteiger partial charge in [-0.3, -0.25) is 29.4 Å².